The Balaban J connectivity index is 3.80. The highest BCUT2D eigenvalue weighted by Crippen LogP contribution is 1.88. The van der Waals surface area contributed by atoms with Gasteiger partial charge in [-0.1, -0.05) is 6.08 Å². The van der Waals surface area contributed by atoms with E-state index < -0.39 is 0 Å². The fraction of sp³-hybridized carbons (Fsp3) is 0.625. The van der Waals surface area contributed by atoms with Crippen molar-refractivity contribution in [1.82, 2.24) is 10.2 Å². The lowest BCUT2D eigenvalue weighted by molar-refractivity contribution is 0.206. The zero-order valence-electron chi connectivity index (χ0n) is 7.26. The van der Waals surface area contributed by atoms with Gasteiger partial charge in [-0.05, 0) is 13.8 Å². The van der Waals surface area contributed by atoms with Crippen molar-refractivity contribution in [3.63, 3.8) is 0 Å². The van der Waals surface area contributed by atoms with Crippen LogP contribution in [0.1, 0.15) is 13.8 Å². The summed E-state index contributed by atoms with van der Waals surface area (Å²) in [7, 11) is 0. The number of urea groups is 1. The largest absolute Gasteiger partial charge is 0.338 e. The summed E-state index contributed by atoms with van der Waals surface area (Å²) in [5.41, 5.74) is 0. The fourth-order valence-corrected chi connectivity index (χ4v) is 0.774. The van der Waals surface area contributed by atoms with Crippen molar-refractivity contribution < 1.29 is 4.79 Å². The first-order valence-electron chi connectivity index (χ1n) is 3.89. The summed E-state index contributed by atoms with van der Waals surface area (Å²) in [4.78, 5) is 12.8. The molecule has 2 amide bonds. The average molecular weight is 156 g/mol. The van der Waals surface area contributed by atoms with Crippen molar-refractivity contribution in [2.45, 2.75) is 13.8 Å². The summed E-state index contributed by atoms with van der Waals surface area (Å²) in [6, 6.07) is -0.0186. The van der Waals surface area contributed by atoms with Gasteiger partial charge in [0.05, 0.1) is 0 Å². The molecule has 0 bridgehead atoms. The molecule has 0 radical (unpaired) electrons. The highest BCUT2D eigenvalue weighted by atomic mass is 16.2. The van der Waals surface area contributed by atoms with Crippen LogP contribution in [0.3, 0.4) is 0 Å². The van der Waals surface area contributed by atoms with E-state index in [9.17, 15) is 4.79 Å². The van der Waals surface area contributed by atoms with E-state index in [2.05, 4.69) is 11.9 Å². The third-order valence-electron chi connectivity index (χ3n) is 1.35. The van der Waals surface area contributed by atoms with Gasteiger partial charge in [-0.25, -0.2) is 4.79 Å². The van der Waals surface area contributed by atoms with Crippen LogP contribution in [-0.2, 0) is 0 Å². The van der Waals surface area contributed by atoms with Crippen LogP contribution in [0.2, 0.25) is 0 Å². The molecule has 0 unspecified atom stereocenters. The Morgan fingerprint density at radius 1 is 1.64 bits per heavy atom. The maximum Gasteiger partial charge on any atom is 0.317 e. The Kier molecular flexibility index (Phi) is 5.25. The zero-order chi connectivity index (χ0) is 8.69. The first kappa shape index (κ1) is 10.0. The third kappa shape index (κ3) is 3.65. The van der Waals surface area contributed by atoms with Gasteiger partial charge in [0, 0.05) is 19.6 Å². The highest BCUT2D eigenvalue weighted by Gasteiger charge is 2.06. The van der Waals surface area contributed by atoms with Crippen LogP contribution < -0.4 is 5.32 Å². The van der Waals surface area contributed by atoms with E-state index in [0.717, 1.165) is 6.54 Å². The van der Waals surface area contributed by atoms with Crippen LogP contribution in [0.15, 0.2) is 12.7 Å². The molecular weight excluding hydrogens is 140 g/mol. The second-order valence-electron chi connectivity index (χ2n) is 2.16. The molecular formula is C8H16N2O. The monoisotopic (exact) mass is 156 g/mol. The van der Waals surface area contributed by atoms with Crippen molar-refractivity contribution in [1.29, 1.82) is 0 Å². The van der Waals surface area contributed by atoms with Crippen molar-refractivity contribution in [3.05, 3.63) is 12.7 Å². The van der Waals surface area contributed by atoms with Gasteiger partial charge in [-0.15, -0.1) is 6.58 Å². The lowest BCUT2D eigenvalue weighted by Gasteiger charge is -2.18. The molecule has 0 saturated carbocycles. The molecule has 0 aromatic carbocycles. The average Bonchev–Trinajstić information content (AvgIpc) is 2.00. The number of rotatable bonds is 4. The van der Waals surface area contributed by atoms with Crippen molar-refractivity contribution >= 4 is 6.03 Å². The number of hydrogen-bond donors (Lipinski definition) is 1. The Bertz CT molecular complexity index is 134. The van der Waals surface area contributed by atoms with Gasteiger partial charge in [0.15, 0.2) is 0 Å². The molecule has 0 aliphatic carbocycles. The molecule has 0 heterocycles. The first-order valence-corrected chi connectivity index (χ1v) is 3.89. The smallest absolute Gasteiger partial charge is 0.317 e. The maximum absolute atomic E-state index is 11.1. The molecule has 0 fully saturated rings. The number of hydrogen-bond acceptors (Lipinski definition) is 1. The van der Waals surface area contributed by atoms with E-state index in [1.807, 2.05) is 13.8 Å². The molecule has 3 heteroatoms. The van der Waals surface area contributed by atoms with Crippen LogP contribution in [0, 0.1) is 0 Å². The molecule has 3 nitrogen and oxygen atoms in total. The molecule has 1 N–H and O–H groups in total. The van der Waals surface area contributed by atoms with Gasteiger partial charge in [-0.3, -0.25) is 0 Å². The molecule has 64 valence electrons. The predicted octanol–water partition coefficient (Wildman–Crippen LogP) is 1.22. The van der Waals surface area contributed by atoms with Crippen molar-refractivity contribution in [2.75, 3.05) is 19.6 Å². The summed E-state index contributed by atoms with van der Waals surface area (Å²) >= 11 is 0. The van der Waals surface area contributed by atoms with Crippen LogP contribution in [0.4, 0.5) is 4.79 Å². The lowest BCUT2D eigenvalue weighted by atomic mass is 10.5. The Morgan fingerprint density at radius 2 is 2.27 bits per heavy atom. The second-order valence-corrected chi connectivity index (χ2v) is 2.16. The maximum atomic E-state index is 11.1. The van der Waals surface area contributed by atoms with E-state index in [-0.39, 0.29) is 6.03 Å². The van der Waals surface area contributed by atoms with E-state index in [0.29, 0.717) is 13.1 Å². The number of nitrogens with one attached hydrogen (secondary N) is 1. The van der Waals surface area contributed by atoms with Crippen LogP contribution >= 0.6 is 0 Å². The minimum Gasteiger partial charge on any atom is -0.338 e. The number of nitrogens with zero attached hydrogens (tertiary/aromatic N) is 1. The molecule has 0 aliphatic rings. The number of carbonyl (C=O) groups is 1. The normalized spacial score (nSPS) is 8.91. The van der Waals surface area contributed by atoms with E-state index in [4.69, 9.17) is 0 Å². The van der Waals surface area contributed by atoms with Gasteiger partial charge in [0.1, 0.15) is 0 Å². The Hall–Kier alpha value is -0.990. The minimum atomic E-state index is -0.0186. The molecule has 0 aromatic rings. The number of carbonyl (C=O) groups excluding carboxylic acids is 1. The standard InChI is InChI=1S/C8H16N2O/c1-4-7-10(6-3)8(11)9-5-2/h4H,1,5-7H2,2-3H3,(H,9,11). The van der Waals surface area contributed by atoms with Crippen LogP contribution in [0.5, 0.6) is 0 Å². The Morgan fingerprint density at radius 3 is 2.64 bits per heavy atom. The molecule has 0 rings (SSSR count). The van der Waals surface area contributed by atoms with Gasteiger partial charge >= 0.3 is 6.03 Å². The van der Waals surface area contributed by atoms with Crippen LogP contribution in [-0.4, -0.2) is 30.6 Å². The summed E-state index contributed by atoms with van der Waals surface area (Å²) in [5.74, 6) is 0. The number of likely N-dealkylation sites (N-methyl/N-ethyl adjacent to an activating group) is 1. The lowest BCUT2D eigenvalue weighted by Crippen LogP contribution is -2.39. The van der Waals surface area contributed by atoms with Crippen molar-refractivity contribution in [3.8, 4) is 0 Å². The molecule has 11 heavy (non-hydrogen) atoms. The topological polar surface area (TPSA) is 32.3 Å². The van der Waals surface area contributed by atoms with Gasteiger partial charge < -0.3 is 10.2 Å². The van der Waals surface area contributed by atoms with Gasteiger partial charge in [0.25, 0.3) is 0 Å². The summed E-state index contributed by atoms with van der Waals surface area (Å²) in [5, 5.41) is 2.72. The van der Waals surface area contributed by atoms with Crippen LogP contribution in [0.25, 0.3) is 0 Å². The van der Waals surface area contributed by atoms with E-state index in [1.54, 1.807) is 11.0 Å². The summed E-state index contributed by atoms with van der Waals surface area (Å²) in [6.45, 7) is 9.42. The predicted molar refractivity (Wildman–Crippen MR) is 46.5 cm³/mol. The summed E-state index contributed by atoms with van der Waals surface area (Å²) < 4.78 is 0. The molecule has 0 aromatic heterocycles. The molecule has 0 atom stereocenters. The quantitative estimate of drug-likeness (QED) is 0.610. The minimum absolute atomic E-state index is 0.0186. The van der Waals surface area contributed by atoms with Gasteiger partial charge in [-0.2, -0.15) is 0 Å². The molecule has 0 saturated heterocycles. The number of amides is 2. The SMILES string of the molecule is C=CCN(CC)C(=O)NCC. The van der Waals surface area contributed by atoms with Crippen molar-refractivity contribution in [2.24, 2.45) is 0 Å². The third-order valence-corrected chi connectivity index (χ3v) is 1.35. The highest BCUT2D eigenvalue weighted by molar-refractivity contribution is 5.74. The summed E-state index contributed by atoms with van der Waals surface area (Å²) in [6.07, 6.45) is 1.72. The second kappa shape index (κ2) is 5.77. The van der Waals surface area contributed by atoms with E-state index in [1.165, 1.54) is 0 Å². The first-order chi connectivity index (χ1) is 5.26. The molecule has 0 spiro atoms. The van der Waals surface area contributed by atoms with Gasteiger partial charge in [0.2, 0.25) is 0 Å². The Labute approximate surface area is 68.1 Å². The zero-order valence-corrected chi connectivity index (χ0v) is 7.26. The molecule has 0 aliphatic heterocycles. The fourth-order valence-electron chi connectivity index (χ4n) is 0.774. The van der Waals surface area contributed by atoms with E-state index >= 15 is 0 Å².